The quantitative estimate of drug-likeness (QED) is 0.937. The average molecular weight is 295 g/mol. The Morgan fingerprint density at radius 1 is 1.29 bits per heavy atom. The van der Waals surface area contributed by atoms with Crippen LogP contribution in [0.2, 0.25) is 0 Å². The van der Waals surface area contributed by atoms with Gasteiger partial charge in [-0.25, -0.2) is 8.78 Å². The van der Waals surface area contributed by atoms with Crippen LogP contribution in [0.4, 0.5) is 8.78 Å². The molecule has 1 saturated heterocycles. The van der Waals surface area contributed by atoms with Gasteiger partial charge >= 0.3 is 0 Å². The molecule has 1 atom stereocenters. The third-order valence-corrected chi connectivity index (χ3v) is 3.35. The van der Waals surface area contributed by atoms with Crippen molar-refractivity contribution in [1.29, 1.82) is 0 Å². The van der Waals surface area contributed by atoms with Crippen LogP contribution in [0.1, 0.15) is 18.7 Å². The van der Waals surface area contributed by atoms with E-state index in [1.165, 1.54) is 6.07 Å². The Hall–Kier alpha value is -1.86. The van der Waals surface area contributed by atoms with Crippen LogP contribution in [-0.2, 0) is 11.3 Å². The zero-order valence-electron chi connectivity index (χ0n) is 11.3. The molecule has 7 heteroatoms. The van der Waals surface area contributed by atoms with E-state index in [0.29, 0.717) is 19.0 Å². The van der Waals surface area contributed by atoms with E-state index in [4.69, 9.17) is 9.26 Å². The van der Waals surface area contributed by atoms with E-state index >= 15 is 0 Å². The highest BCUT2D eigenvalue weighted by molar-refractivity contribution is 5.54. The van der Waals surface area contributed by atoms with E-state index in [2.05, 4.69) is 15.5 Å². The molecule has 1 fully saturated rings. The van der Waals surface area contributed by atoms with Crippen molar-refractivity contribution in [2.24, 2.45) is 0 Å². The predicted molar refractivity (Wildman–Crippen MR) is 70.3 cm³/mol. The van der Waals surface area contributed by atoms with Crippen LogP contribution < -0.4 is 5.32 Å². The number of hydrogen-bond donors (Lipinski definition) is 1. The molecule has 1 N–H and O–H groups in total. The topological polar surface area (TPSA) is 60.2 Å². The van der Waals surface area contributed by atoms with Gasteiger partial charge in [0.05, 0.1) is 13.2 Å². The first kappa shape index (κ1) is 14.1. The summed E-state index contributed by atoms with van der Waals surface area (Å²) in [5.41, 5.74) is -0.294. The third kappa shape index (κ3) is 3.25. The second-order valence-electron chi connectivity index (χ2n) is 4.91. The largest absolute Gasteiger partial charge is 0.380 e. The van der Waals surface area contributed by atoms with Crippen LogP contribution in [0, 0.1) is 11.6 Å². The summed E-state index contributed by atoms with van der Waals surface area (Å²) in [6.45, 7) is 1.80. The first-order chi connectivity index (χ1) is 10.2. The molecule has 0 amide bonds. The lowest BCUT2D eigenvalue weighted by molar-refractivity contribution is 0.0696. The Kier molecular flexibility index (Phi) is 4.21. The van der Waals surface area contributed by atoms with Crippen molar-refractivity contribution >= 4 is 0 Å². The average Bonchev–Trinajstić information content (AvgIpc) is 2.95. The van der Waals surface area contributed by atoms with Crippen molar-refractivity contribution in [3.05, 3.63) is 35.7 Å². The second kappa shape index (κ2) is 6.28. The van der Waals surface area contributed by atoms with Crippen molar-refractivity contribution in [3.8, 4) is 11.5 Å². The van der Waals surface area contributed by atoms with E-state index in [9.17, 15) is 8.78 Å². The van der Waals surface area contributed by atoms with Crippen LogP contribution in [-0.4, -0.2) is 29.4 Å². The summed E-state index contributed by atoms with van der Waals surface area (Å²) in [5, 5.41) is 6.97. The van der Waals surface area contributed by atoms with Crippen molar-refractivity contribution < 1.29 is 18.0 Å². The molecular weight excluding hydrogens is 280 g/mol. The number of nitrogens with zero attached hydrogens (tertiary/aromatic N) is 2. The number of benzene rings is 1. The predicted octanol–water partition coefficient (Wildman–Crippen LogP) is 2.28. The molecule has 1 aliphatic rings. The summed E-state index contributed by atoms with van der Waals surface area (Å²) in [4.78, 5) is 4.03. The van der Waals surface area contributed by atoms with Gasteiger partial charge < -0.3 is 14.6 Å². The van der Waals surface area contributed by atoms with E-state index < -0.39 is 11.6 Å². The van der Waals surface area contributed by atoms with Crippen molar-refractivity contribution in [2.45, 2.75) is 25.4 Å². The maximum Gasteiger partial charge on any atom is 0.263 e. The highest BCUT2D eigenvalue weighted by Gasteiger charge is 2.19. The van der Waals surface area contributed by atoms with E-state index in [1.54, 1.807) is 0 Å². The Morgan fingerprint density at radius 2 is 2.10 bits per heavy atom. The standard InChI is InChI=1S/C14H15F2N3O2/c15-10-4-1-5-11(16)13(10)14-18-12(19-21-14)7-17-9-3-2-6-20-8-9/h1,4-5,9,17H,2-3,6-8H2/t9-/m1/s1. The van der Waals surface area contributed by atoms with Gasteiger partial charge in [0.2, 0.25) is 0 Å². The second-order valence-corrected chi connectivity index (χ2v) is 4.91. The van der Waals surface area contributed by atoms with Gasteiger partial charge in [-0.3, -0.25) is 0 Å². The van der Waals surface area contributed by atoms with Gasteiger partial charge in [0.25, 0.3) is 5.89 Å². The minimum Gasteiger partial charge on any atom is -0.380 e. The molecule has 21 heavy (non-hydrogen) atoms. The highest BCUT2D eigenvalue weighted by atomic mass is 19.1. The van der Waals surface area contributed by atoms with Gasteiger partial charge in [0.15, 0.2) is 5.82 Å². The van der Waals surface area contributed by atoms with Gasteiger partial charge in [-0.2, -0.15) is 4.98 Å². The third-order valence-electron chi connectivity index (χ3n) is 3.35. The highest BCUT2D eigenvalue weighted by Crippen LogP contribution is 2.24. The molecule has 0 bridgehead atoms. The molecule has 3 rings (SSSR count). The molecule has 0 aliphatic carbocycles. The molecule has 112 valence electrons. The van der Waals surface area contributed by atoms with E-state index in [1.807, 2.05) is 0 Å². The lowest BCUT2D eigenvalue weighted by atomic mass is 10.1. The number of hydrogen-bond acceptors (Lipinski definition) is 5. The Bertz CT molecular complexity index is 592. The molecule has 5 nitrogen and oxygen atoms in total. The zero-order valence-corrected chi connectivity index (χ0v) is 11.3. The van der Waals surface area contributed by atoms with Gasteiger partial charge in [0.1, 0.15) is 17.2 Å². The maximum absolute atomic E-state index is 13.6. The van der Waals surface area contributed by atoms with Crippen molar-refractivity contribution in [1.82, 2.24) is 15.5 Å². The first-order valence-electron chi connectivity index (χ1n) is 6.82. The molecule has 2 aromatic rings. The molecule has 1 aromatic carbocycles. The fraction of sp³-hybridized carbons (Fsp3) is 0.429. The van der Waals surface area contributed by atoms with Crippen LogP contribution in [0.5, 0.6) is 0 Å². The maximum atomic E-state index is 13.6. The fourth-order valence-corrected chi connectivity index (χ4v) is 2.27. The zero-order chi connectivity index (χ0) is 14.7. The lowest BCUT2D eigenvalue weighted by Crippen LogP contribution is -2.36. The Balaban J connectivity index is 1.68. The SMILES string of the molecule is Fc1cccc(F)c1-c1nc(CN[C@@H]2CCCOC2)no1. The molecule has 1 aromatic heterocycles. The molecule has 0 spiro atoms. The molecule has 0 unspecified atom stereocenters. The van der Waals surface area contributed by atoms with Crippen LogP contribution in [0.3, 0.4) is 0 Å². The molecule has 0 saturated carbocycles. The van der Waals surface area contributed by atoms with Gasteiger partial charge in [-0.05, 0) is 25.0 Å². The monoisotopic (exact) mass is 295 g/mol. The van der Waals surface area contributed by atoms with Gasteiger partial charge in [-0.1, -0.05) is 11.2 Å². The number of ether oxygens (including phenoxy) is 1. The van der Waals surface area contributed by atoms with Crippen LogP contribution in [0.15, 0.2) is 22.7 Å². The van der Waals surface area contributed by atoms with E-state index in [0.717, 1.165) is 31.6 Å². The number of nitrogens with one attached hydrogen (secondary N) is 1. The van der Waals surface area contributed by atoms with Gasteiger partial charge in [-0.15, -0.1) is 0 Å². The summed E-state index contributed by atoms with van der Waals surface area (Å²) in [6, 6.07) is 3.83. The first-order valence-corrected chi connectivity index (χ1v) is 6.82. The minimum atomic E-state index is -0.723. The lowest BCUT2D eigenvalue weighted by Gasteiger charge is -2.22. The molecule has 2 heterocycles. The normalized spacial score (nSPS) is 18.9. The van der Waals surface area contributed by atoms with Crippen molar-refractivity contribution in [2.75, 3.05) is 13.2 Å². The number of aromatic nitrogens is 2. The molecular formula is C14H15F2N3O2. The molecule has 1 aliphatic heterocycles. The van der Waals surface area contributed by atoms with Crippen LogP contribution >= 0.6 is 0 Å². The summed E-state index contributed by atoms with van der Waals surface area (Å²) < 4.78 is 37.5. The summed E-state index contributed by atoms with van der Waals surface area (Å²) in [5.74, 6) is -1.24. The number of halogens is 2. The Labute approximate surface area is 120 Å². The minimum absolute atomic E-state index is 0.151. The Morgan fingerprint density at radius 3 is 2.81 bits per heavy atom. The summed E-state index contributed by atoms with van der Waals surface area (Å²) >= 11 is 0. The number of rotatable bonds is 4. The summed E-state index contributed by atoms with van der Waals surface area (Å²) in [6.07, 6.45) is 2.03. The van der Waals surface area contributed by atoms with E-state index in [-0.39, 0.29) is 17.5 Å². The van der Waals surface area contributed by atoms with Crippen molar-refractivity contribution in [3.63, 3.8) is 0 Å². The van der Waals surface area contributed by atoms with Crippen LogP contribution in [0.25, 0.3) is 11.5 Å². The van der Waals surface area contributed by atoms with Gasteiger partial charge in [0, 0.05) is 12.6 Å². The molecule has 0 radical (unpaired) electrons. The fourth-order valence-electron chi connectivity index (χ4n) is 2.27. The smallest absolute Gasteiger partial charge is 0.263 e. The summed E-state index contributed by atoms with van der Waals surface area (Å²) in [7, 11) is 0.